The highest BCUT2D eigenvalue weighted by Gasteiger charge is 2.18. The second-order valence-electron chi connectivity index (χ2n) is 9.89. The van der Waals surface area contributed by atoms with E-state index in [0.717, 1.165) is 36.2 Å². The Kier molecular flexibility index (Phi) is 6.05. The van der Waals surface area contributed by atoms with Gasteiger partial charge in [-0.05, 0) is 62.3 Å². The Morgan fingerprint density at radius 3 is 2.67 bits per heavy atom. The lowest BCUT2D eigenvalue weighted by Gasteiger charge is -2.15. The zero-order chi connectivity index (χ0) is 27.1. The number of benzene rings is 1. The smallest absolute Gasteiger partial charge is 0.161 e. The highest BCUT2D eigenvalue weighted by atomic mass is 19.1. The standard InChI is InChI=1S/C29H26FN9O/c30-19-11-17(13-21(14-19)40-10-9-39-7-1-2-8-39)25-26-23(5-6-33-25)35-29(36-26)28-27-24(37-38-28)4-3-22(34-27)18-12-20(31)16-32-15-18/h3-6,11-16H,1-2,7-10,31H2,(H,35,36)(H,37,38). The maximum absolute atomic E-state index is 14.7. The van der Waals surface area contributed by atoms with Crippen LogP contribution in [0.25, 0.3) is 56.1 Å². The van der Waals surface area contributed by atoms with Crippen molar-refractivity contribution in [2.75, 3.05) is 32.0 Å². The molecular formula is C29H26FN9O. The van der Waals surface area contributed by atoms with Crippen LogP contribution in [0, 0.1) is 5.82 Å². The number of rotatable bonds is 7. The van der Waals surface area contributed by atoms with Crippen LogP contribution in [0.5, 0.6) is 5.75 Å². The molecule has 0 spiro atoms. The lowest BCUT2D eigenvalue weighted by atomic mass is 10.1. The van der Waals surface area contributed by atoms with Gasteiger partial charge in [0.05, 0.1) is 28.1 Å². The number of likely N-dealkylation sites (tertiary alicyclic amines) is 1. The van der Waals surface area contributed by atoms with Gasteiger partial charge in [-0.3, -0.25) is 20.0 Å². The van der Waals surface area contributed by atoms with E-state index in [1.807, 2.05) is 24.3 Å². The molecule has 1 saturated heterocycles. The monoisotopic (exact) mass is 535 g/mol. The number of nitrogens with two attached hydrogens (primary N) is 1. The van der Waals surface area contributed by atoms with Crippen molar-refractivity contribution in [1.82, 2.24) is 40.0 Å². The van der Waals surface area contributed by atoms with E-state index in [9.17, 15) is 4.39 Å². The average molecular weight is 536 g/mol. The maximum Gasteiger partial charge on any atom is 0.161 e. The molecule has 200 valence electrons. The molecule has 0 unspecified atom stereocenters. The molecule has 7 rings (SSSR count). The van der Waals surface area contributed by atoms with Crippen LogP contribution in [0.15, 0.2) is 61.1 Å². The zero-order valence-electron chi connectivity index (χ0n) is 21.6. The molecule has 0 amide bonds. The number of anilines is 1. The second kappa shape index (κ2) is 10.0. The number of fused-ring (bicyclic) bond motifs is 2. The predicted molar refractivity (Wildman–Crippen MR) is 151 cm³/mol. The largest absolute Gasteiger partial charge is 0.492 e. The Hall–Kier alpha value is -4.90. The van der Waals surface area contributed by atoms with Crippen LogP contribution in [0.1, 0.15) is 12.8 Å². The van der Waals surface area contributed by atoms with Gasteiger partial charge in [0.25, 0.3) is 0 Å². The summed E-state index contributed by atoms with van der Waals surface area (Å²) >= 11 is 0. The number of nitrogens with one attached hydrogen (secondary N) is 2. The van der Waals surface area contributed by atoms with Crippen molar-refractivity contribution in [1.29, 1.82) is 0 Å². The molecule has 4 N–H and O–H groups in total. The quantitative estimate of drug-likeness (QED) is 0.265. The van der Waals surface area contributed by atoms with Crippen molar-refractivity contribution in [2.24, 2.45) is 0 Å². The van der Waals surface area contributed by atoms with Gasteiger partial charge in [0, 0.05) is 42.3 Å². The average Bonchev–Trinajstić information content (AvgIpc) is 3.72. The van der Waals surface area contributed by atoms with Crippen molar-refractivity contribution < 1.29 is 9.13 Å². The fraction of sp³-hybridized carbons (Fsp3) is 0.207. The van der Waals surface area contributed by atoms with E-state index in [1.54, 1.807) is 24.7 Å². The van der Waals surface area contributed by atoms with Crippen LogP contribution in [-0.4, -0.2) is 66.3 Å². The number of nitrogen functional groups attached to an aromatic ring is 1. The molecule has 0 radical (unpaired) electrons. The van der Waals surface area contributed by atoms with E-state index in [1.165, 1.54) is 25.0 Å². The number of hydrogen-bond donors (Lipinski definition) is 3. The van der Waals surface area contributed by atoms with E-state index >= 15 is 0 Å². The normalized spacial score (nSPS) is 13.9. The zero-order valence-corrected chi connectivity index (χ0v) is 21.6. The highest BCUT2D eigenvalue weighted by Crippen LogP contribution is 2.32. The van der Waals surface area contributed by atoms with Crippen LogP contribution in [-0.2, 0) is 0 Å². The minimum Gasteiger partial charge on any atom is -0.492 e. The first-order chi connectivity index (χ1) is 19.6. The van der Waals surface area contributed by atoms with Gasteiger partial charge >= 0.3 is 0 Å². The highest BCUT2D eigenvalue weighted by molar-refractivity contribution is 5.95. The molecule has 0 aliphatic carbocycles. The third-order valence-corrected chi connectivity index (χ3v) is 7.11. The first kappa shape index (κ1) is 24.2. The molecule has 1 aliphatic heterocycles. The van der Waals surface area contributed by atoms with E-state index in [2.05, 4.69) is 30.0 Å². The summed E-state index contributed by atoms with van der Waals surface area (Å²) < 4.78 is 20.6. The Morgan fingerprint density at radius 1 is 0.925 bits per heavy atom. The van der Waals surface area contributed by atoms with Crippen molar-refractivity contribution >= 4 is 27.8 Å². The minimum absolute atomic E-state index is 0.394. The van der Waals surface area contributed by atoms with Crippen LogP contribution >= 0.6 is 0 Å². The van der Waals surface area contributed by atoms with Crippen LogP contribution in [0.2, 0.25) is 0 Å². The first-order valence-corrected chi connectivity index (χ1v) is 13.2. The molecular weight excluding hydrogens is 509 g/mol. The fourth-order valence-electron chi connectivity index (χ4n) is 5.16. The predicted octanol–water partition coefficient (Wildman–Crippen LogP) is 4.82. The number of nitrogens with zero attached hydrogens (tertiary/aromatic N) is 6. The summed E-state index contributed by atoms with van der Waals surface area (Å²) in [6, 6.07) is 12.1. The van der Waals surface area contributed by atoms with E-state index in [0.29, 0.717) is 57.5 Å². The number of ether oxygens (including phenoxy) is 1. The molecule has 10 nitrogen and oxygen atoms in total. The lowest BCUT2D eigenvalue weighted by Crippen LogP contribution is -2.25. The third-order valence-electron chi connectivity index (χ3n) is 7.11. The molecule has 6 aromatic rings. The molecule has 1 fully saturated rings. The number of halogens is 1. The summed E-state index contributed by atoms with van der Waals surface area (Å²) in [6.45, 7) is 3.50. The second-order valence-corrected chi connectivity index (χ2v) is 9.89. The van der Waals surface area contributed by atoms with Crippen molar-refractivity contribution in [3.05, 3.63) is 66.9 Å². The van der Waals surface area contributed by atoms with Crippen molar-refractivity contribution in [3.63, 3.8) is 0 Å². The number of aromatic nitrogens is 7. The summed E-state index contributed by atoms with van der Waals surface area (Å²) in [7, 11) is 0. The van der Waals surface area contributed by atoms with Gasteiger partial charge in [-0.1, -0.05) is 0 Å². The van der Waals surface area contributed by atoms with Crippen LogP contribution < -0.4 is 10.5 Å². The number of H-pyrrole nitrogens is 2. The molecule has 1 aliphatic rings. The number of imidazole rings is 1. The van der Waals surface area contributed by atoms with Crippen LogP contribution in [0.3, 0.4) is 0 Å². The topological polar surface area (TPSA) is 135 Å². The molecule has 1 aromatic carbocycles. The summed E-state index contributed by atoms with van der Waals surface area (Å²) in [6.07, 6.45) is 7.41. The summed E-state index contributed by atoms with van der Waals surface area (Å²) in [5, 5.41) is 7.51. The molecule has 40 heavy (non-hydrogen) atoms. The SMILES string of the molecule is Nc1cncc(-c2ccc3[nH]nc(-c4nc5c(-c6cc(F)cc(OCCN7CCCC7)c6)nccc5[nH]4)c3n2)c1. The van der Waals surface area contributed by atoms with E-state index < -0.39 is 5.82 Å². The molecule has 0 bridgehead atoms. The van der Waals surface area contributed by atoms with Crippen molar-refractivity contribution in [3.8, 4) is 39.8 Å². The minimum atomic E-state index is -0.394. The first-order valence-electron chi connectivity index (χ1n) is 13.2. The summed E-state index contributed by atoms with van der Waals surface area (Å²) in [5.41, 5.74) is 12.4. The molecule has 0 saturated carbocycles. The Labute approximate surface area is 228 Å². The van der Waals surface area contributed by atoms with E-state index in [4.69, 9.17) is 20.4 Å². The third kappa shape index (κ3) is 4.60. The van der Waals surface area contributed by atoms with Gasteiger partial charge in [0.1, 0.15) is 29.2 Å². The summed E-state index contributed by atoms with van der Waals surface area (Å²) in [4.78, 5) is 24.1. The molecule has 5 aromatic heterocycles. The number of aromatic amines is 2. The van der Waals surface area contributed by atoms with Gasteiger partial charge in [-0.25, -0.2) is 14.4 Å². The van der Waals surface area contributed by atoms with Gasteiger partial charge in [0.15, 0.2) is 11.5 Å². The van der Waals surface area contributed by atoms with Gasteiger partial charge in [-0.2, -0.15) is 5.10 Å². The van der Waals surface area contributed by atoms with Crippen LogP contribution in [0.4, 0.5) is 10.1 Å². The molecule has 6 heterocycles. The number of hydrogen-bond acceptors (Lipinski definition) is 8. The number of pyridine rings is 3. The Bertz CT molecular complexity index is 1840. The van der Waals surface area contributed by atoms with Gasteiger partial charge in [-0.15, -0.1) is 0 Å². The Morgan fingerprint density at radius 2 is 1.80 bits per heavy atom. The fourth-order valence-corrected chi connectivity index (χ4v) is 5.16. The Balaban J connectivity index is 1.23. The van der Waals surface area contributed by atoms with Gasteiger partial charge < -0.3 is 15.5 Å². The molecule has 11 heteroatoms. The lowest BCUT2D eigenvalue weighted by molar-refractivity contribution is 0.237. The van der Waals surface area contributed by atoms with E-state index in [-0.39, 0.29) is 0 Å². The van der Waals surface area contributed by atoms with Crippen molar-refractivity contribution in [2.45, 2.75) is 12.8 Å². The maximum atomic E-state index is 14.7. The molecule has 0 atom stereocenters. The summed E-state index contributed by atoms with van der Waals surface area (Å²) in [5.74, 6) is 0.591. The van der Waals surface area contributed by atoms with Gasteiger partial charge in [0.2, 0.25) is 0 Å².